The van der Waals surface area contributed by atoms with Crippen molar-refractivity contribution in [2.24, 2.45) is 0 Å². The van der Waals surface area contributed by atoms with Gasteiger partial charge < -0.3 is 3.11 Å². The lowest BCUT2D eigenvalue weighted by molar-refractivity contribution is 1.28. The van der Waals surface area contributed by atoms with Crippen molar-refractivity contribution >= 4 is 28.6 Å². The summed E-state index contributed by atoms with van der Waals surface area (Å²) < 4.78 is 1.99. The molecule has 3 heteroatoms. The van der Waals surface area contributed by atoms with E-state index in [0.29, 0.717) is 0 Å². The number of nitrogens with zero attached hydrogens (tertiary/aromatic N) is 2. The molecule has 0 fully saturated rings. The van der Waals surface area contributed by atoms with Crippen molar-refractivity contribution in [3.8, 4) is 0 Å². The third-order valence-corrected chi connectivity index (χ3v) is 1.56. The average Bonchev–Trinajstić information content (AvgIpc) is 1.90. The number of aromatic nitrogens is 1. The third kappa shape index (κ3) is 1.82. The molecule has 0 aromatic carbocycles. The van der Waals surface area contributed by atoms with Crippen LogP contribution < -0.4 is 3.11 Å². The van der Waals surface area contributed by atoms with E-state index < -0.39 is 0 Å². The van der Waals surface area contributed by atoms with Gasteiger partial charge in [0.15, 0.2) is 0 Å². The molecule has 2 nitrogen and oxygen atoms in total. The Bertz CT molecular complexity index is 174. The molecular formula is C6H7IN2. The van der Waals surface area contributed by atoms with Gasteiger partial charge in [-0.2, -0.15) is 0 Å². The Kier molecular flexibility index (Phi) is 2.27. The summed E-state index contributed by atoms with van der Waals surface area (Å²) in [7, 11) is 1.98. The van der Waals surface area contributed by atoms with E-state index in [1.54, 1.807) is 6.20 Å². The summed E-state index contributed by atoms with van der Waals surface area (Å²) in [5, 5.41) is 0. The second-order valence-corrected chi connectivity index (χ2v) is 3.14. The molecule has 9 heavy (non-hydrogen) atoms. The van der Waals surface area contributed by atoms with Crippen molar-refractivity contribution in [3.63, 3.8) is 0 Å². The molecule has 1 rings (SSSR count). The first-order valence-electron chi connectivity index (χ1n) is 2.60. The van der Waals surface area contributed by atoms with Crippen LogP contribution in [0.25, 0.3) is 0 Å². The van der Waals surface area contributed by atoms with E-state index >= 15 is 0 Å². The van der Waals surface area contributed by atoms with Crippen LogP contribution in [0.3, 0.4) is 0 Å². The topological polar surface area (TPSA) is 16.1 Å². The van der Waals surface area contributed by atoms with Crippen LogP contribution in [0, 0.1) is 0 Å². The molecule has 1 aromatic heterocycles. The van der Waals surface area contributed by atoms with Gasteiger partial charge in [-0.05, 0) is 12.1 Å². The van der Waals surface area contributed by atoms with Gasteiger partial charge in [-0.15, -0.1) is 0 Å². The molecule has 0 aliphatic carbocycles. The number of hydrogen-bond acceptors (Lipinski definition) is 2. The second-order valence-electron chi connectivity index (χ2n) is 1.69. The van der Waals surface area contributed by atoms with Crippen LogP contribution in [-0.2, 0) is 0 Å². The summed E-state index contributed by atoms with van der Waals surface area (Å²) in [5.41, 5.74) is 1.12. The maximum atomic E-state index is 3.96. The Morgan fingerprint density at radius 1 is 1.67 bits per heavy atom. The Balaban J connectivity index is 2.85. The molecule has 0 unspecified atom stereocenters. The lowest BCUT2D eigenvalue weighted by Gasteiger charge is -2.06. The largest absolute Gasteiger partial charge is 0.316 e. The van der Waals surface area contributed by atoms with E-state index in [9.17, 15) is 0 Å². The first kappa shape index (κ1) is 6.80. The fourth-order valence-corrected chi connectivity index (χ4v) is 0.821. The van der Waals surface area contributed by atoms with Gasteiger partial charge in [0.1, 0.15) is 0 Å². The molecule has 0 amide bonds. The zero-order valence-electron chi connectivity index (χ0n) is 5.08. The number of pyridine rings is 1. The molecule has 0 aliphatic heterocycles. The quantitative estimate of drug-likeness (QED) is 0.544. The van der Waals surface area contributed by atoms with Gasteiger partial charge in [0, 0.05) is 13.2 Å². The molecule has 0 radical (unpaired) electrons. The van der Waals surface area contributed by atoms with Crippen molar-refractivity contribution in [2.45, 2.75) is 0 Å². The predicted molar refractivity (Wildman–Crippen MR) is 46.7 cm³/mol. The summed E-state index contributed by atoms with van der Waals surface area (Å²) >= 11 is 2.20. The Morgan fingerprint density at radius 2 is 2.44 bits per heavy atom. The summed E-state index contributed by atoms with van der Waals surface area (Å²) in [6, 6.07) is 3.93. The van der Waals surface area contributed by atoms with Gasteiger partial charge in [-0.25, -0.2) is 0 Å². The molecule has 0 aliphatic rings. The van der Waals surface area contributed by atoms with Gasteiger partial charge >= 0.3 is 0 Å². The van der Waals surface area contributed by atoms with Gasteiger partial charge in [0.05, 0.1) is 34.7 Å². The van der Waals surface area contributed by atoms with Gasteiger partial charge in [-0.3, -0.25) is 4.98 Å². The fourth-order valence-electron chi connectivity index (χ4n) is 0.536. The molecule has 0 spiro atoms. The Hall–Kier alpha value is -0.320. The molecule has 1 heterocycles. The summed E-state index contributed by atoms with van der Waals surface area (Å²) in [4.78, 5) is 3.96. The van der Waals surface area contributed by atoms with Crippen LogP contribution in [-0.4, -0.2) is 12.0 Å². The number of rotatable bonds is 1. The lowest BCUT2D eigenvalue weighted by Crippen LogP contribution is -1.98. The number of anilines is 1. The van der Waals surface area contributed by atoms with Gasteiger partial charge in [-0.1, -0.05) is 0 Å². The van der Waals surface area contributed by atoms with Crippen LogP contribution in [0.15, 0.2) is 24.5 Å². The van der Waals surface area contributed by atoms with Crippen LogP contribution in [0.5, 0.6) is 0 Å². The van der Waals surface area contributed by atoms with E-state index in [1.165, 1.54) is 0 Å². The summed E-state index contributed by atoms with van der Waals surface area (Å²) in [5.74, 6) is 0. The number of halogens is 1. The molecule has 0 atom stereocenters. The lowest BCUT2D eigenvalue weighted by atomic mass is 10.4. The zero-order chi connectivity index (χ0) is 6.69. The Labute approximate surface area is 68.4 Å². The van der Waals surface area contributed by atoms with Crippen molar-refractivity contribution in [3.05, 3.63) is 24.5 Å². The molecular weight excluding hydrogens is 227 g/mol. The molecule has 0 N–H and O–H groups in total. The van der Waals surface area contributed by atoms with E-state index in [-0.39, 0.29) is 0 Å². The minimum Gasteiger partial charge on any atom is -0.316 e. The highest BCUT2D eigenvalue weighted by Crippen LogP contribution is 2.12. The first-order valence-corrected chi connectivity index (χ1v) is 3.57. The van der Waals surface area contributed by atoms with Crippen molar-refractivity contribution in [1.29, 1.82) is 0 Å². The molecule has 0 bridgehead atoms. The SMILES string of the molecule is CN(I)c1cccnc1. The second kappa shape index (κ2) is 3.00. The highest BCUT2D eigenvalue weighted by molar-refractivity contribution is 14.1. The summed E-state index contributed by atoms with van der Waals surface area (Å²) in [6.07, 6.45) is 3.59. The third-order valence-electron chi connectivity index (χ3n) is 1.00. The Morgan fingerprint density at radius 3 is 2.78 bits per heavy atom. The minimum atomic E-state index is 1.12. The van der Waals surface area contributed by atoms with Crippen LogP contribution in [0.2, 0.25) is 0 Å². The normalized spacial score (nSPS) is 9.11. The van der Waals surface area contributed by atoms with Gasteiger partial charge in [0.2, 0.25) is 0 Å². The monoisotopic (exact) mass is 234 g/mol. The molecule has 1 aromatic rings. The highest BCUT2D eigenvalue weighted by Gasteiger charge is 1.90. The van der Waals surface area contributed by atoms with Crippen LogP contribution in [0.4, 0.5) is 5.69 Å². The van der Waals surface area contributed by atoms with Crippen LogP contribution >= 0.6 is 22.9 Å². The molecule has 0 saturated heterocycles. The predicted octanol–water partition coefficient (Wildman–Crippen LogP) is 1.87. The van der Waals surface area contributed by atoms with E-state index in [1.807, 2.05) is 28.5 Å². The smallest absolute Gasteiger partial charge is 0.0637 e. The minimum absolute atomic E-state index is 1.12. The van der Waals surface area contributed by atoms with Gasteiger partial charge in [0.25, 0.3) is 0 Å². The van der Waals surface area contributed by atoms with Crippen LogP contribution in [0.1, 0.15) is 0 Å². The molecule has 48 valence electrons. The maximum Gasteiger partial charge on any atom is 0.0637 e. The van der Waals surface area contributed by atoms with Crippen molar-refractivity contribution < 1.29 is 0 Å². The van der Waals surface area contributed by atoms with E-state index in [2.05, 4.69) is 27.8 Å². The number of hydrogen-bond donors (Lipinski definition) is 0. The van der Waals surface area contributed by atoms with Crippen molar-refractivity contribution in [2.75, 3.05) is 10.2 Å². The van der Waals surface area contributed by atoms with E-state index in [0.717, 1.165) is 5.69 Å². The average molecular weight is 234 g/mol. The molecule has 0 saturated carbocycles. The standard InChI is InChI=1S/C6H7IN2/c1-9(7)6-3-2-4-8-5-6/h2-5H,1H3. The summed E-state index contributed by atoms with van der Waals surface area (Å²) in [6.45, 7) is 0. The fraction of sp³-hybridized carbons (Fsp3) is 0.167. The first-order chi connectivity index (χ1) is 4.30. The maximum absolute atomic E-state index is 3.96. The van der Waals surface area contributed by atoms with Crippen molar-refractivity contribution in [1.82, 2.24) is 4.98 Å². The highest BCUT2D eigenvalue weighted by atomic mass is 127. The van der Waals surface area contributed by atoms with E-state index in [4.69, 9.17) is 0 Å². The zero-order valence-corrected chi connectivity index (χ0v) is 7.24.